The maximum atomic E-state index is 11.5. The van der Waals surface area contributed by atoms with Gasteiger partial charge in [-0.05, 0) is 0 Å². The van der Waals surface area contributed by atoms with Crippen molar-refractivity contribution in [2.24, 2.45) is 0 Å². The molecule has 0 aliphatic carbocycles. The average Bonchev–Trinajstić information content (AvgIpc) is 2.70. The fraction of sp³-hybridized carbons (Fsp3) is 0.556. The van der Waals surface area contributed by atoms with E-state index in [0.29, 0.717) is 0 Å². The van der Waals surface area contributed by atoms with Gasteiger partial charge >= 0.3 is 11.4 Å². The highest BCUT2D eigenvalue weighted by molar-refractivity contribution is 5.20. The van der Waals surface area contributed by atoms with Gasteiger partial charge in [0.15, 0.2) is 0 Å². The third kappa shape index (κ3) is 2.23. The van der Waals surface area contributed by atoms with Crippen LogP contribution in [-0.2, 0) is 4.74 Å². The lowest BCUT2D eigenvalue weighted by molar-refractivity contribution is -0.385. The van der Waals surface area contributed by atoms with Gasteiger partial charge in [-0.2, -0.15) is 4.98 Å². The van der Waals surface area contributed by atoms with Crippen LogP contribution in [-0.4, -0.2) is 43.5 Å². The Balaban J connectivity index is 2.31. The van der Waals surface area contributed by atoms with Crippen LogP contribution in [0.1, 0.15) is 12.6 Å². The number of aromatic nitrogens is 2. The molecule has 1 aromatic rings. The number of rotatable bonds is 3. The van der Waals surface area contributed by atoms with E-state index in [-0.39, 0.29) is 12.1 Å². The fourth-order valence-electron chi connectivity index (χ4n) is 1.77. The summed E-state index contributed by atoms with van der Waals surface area (Å²) in [7, 11) is 0. The number of nitrogens with zero attached hydrogens (tertiary/aromatic N) is 3. The first kappa shape index (κ1) is 12.6. The predicted molar refractivity (Wildman–Crippen MR) is 56.8 cm³/mol. The zero-order valence-corrected chi connectivity index (χ0v) is 9.17. The SMILES string of the molecule is O=c1ncc([N+](=O)[O-])cn1[C@H]1C[C@H](O)[C@@H](CO)O1. The van der Waals surface area contributed by atoms with Crippen LogP contribution >= 0.6 is 0 Å². The van der Waals surface area contributed by atoms with E-state index < -0.39 is 35.7 Å². The van der Waals surface area contributed by atoms with Gasteiger partial charge in [0, 0.05) is 6.42 Å². The van der Waals surface area contributed by atoms with Crippen molar-refractivity contribution in [2.45, 2.75) is 24.9 Å². The minimum Gasteiger partial charge on any atom is -0.394 e. The Morgan fingerprint density at radius 3 is 2.94 bits per heavy atom. The van der Waals surface area contributed by atoms with E-state index in [1.165, 1.54) is 0 Å². The largest absolute Gasteiger partial charge is 0.394 e. The van der Waals surface area contributed by atoms with Gasteiger partial charge in [0.05, 0.1) is 23.8 Å². The minimum absolute atomic E-state index is 0.0635. The Hall–Kier alpha value is -1.84. The highest BCUT2D eigenvalue weighted by Crippen LogP contribution is 2.27. The van der Waals surface area contributed by atoms with Crippen molar-refractivity contribution in [2.75, 3.05) is 6.61 Å². The molecular formula is C9H11N3O6. The lowest BCUT2D eigenvalue weighted by atomic mass is 10.2. The van der Waals surface area contributed by atoms with Gasteiger partial charge in [0.2, 0.25) is 0 Å². The lowest BCUT2D eigenvalue weighted by Crippen LogP contribution is -2.27. The topological polar surface area (TPSA) is 128 Å². The quantitative estimate of drug-likeness (QED) is 0.513. The van der Waals surface area contributed by atoms with Crippen LogP contribution in [0.4, 0.5) is 5.69 Å². The zero-order valence-electron chi connectivity index (χ0n) is 9.17. The molecule has 0 saturated carbocycles. The molecule has 0 amide bonds. The van der Waals surface area contributed by atoms with Crippen LogP contribution in [0.15, 0.2) is 17.2 Å². The molecule has 0 aromatic carbocycles. The lowest BCUT2D eigenvalue weighted by Gasteiger charge is -2.13. The predicted octanol–water partition coefficient (Wildman–Crippen LogP) is -1.21. The highest BCUT2D eigenvalue weighted by Gasteiger charge is 2.35. The van der Waals surface area contributed by atoms with E-state index in [2.05, 4.69) is 4.98 Å². The number of aliphatic hydroxyl groups excluding tert-OH is 2. The van der Waals surface area contributed by atoms with Crippen LogP contribution in [0, 0.1) is 10.1 Å². The van der Waals surface area contributed by atoms with E-state index in [1.54, 1.807) is 0 Å². The van der Waals surface area contributed by atoms with Gasteiger partial charge in [0.1, 0.15) is 18.5 Å². The van der Waals surface area contributed by atoms with Crippen LogP contribution < -0.4 is 5.69 Å². The van der Waals surface area contributed by atoms with Crippen molar-refractivity contribution in [3.8, 4) is 0 Å². The molecule has 0 radical (unpaired) electrons. The minimum atomic E-state index is -0.925. The normalized spacial score (nSPS) is 27.3. The first-order valence-electron chi connectivity index (χ1n) is 5.20. The molecule has 98 valence electrons. The van der Waals surface area contributed by atoms with Gasteiger partial charge in [0.25, 0.3) is 0 Å². The van der Waals surface area contributed by atoms with Gasteiger partial charge < -0.3 is 14.9 Å². The van der Waals surface area contributed by atoms with Crippen molar-refractivity contribution in [3.63, 3.8) is 0 Å². The second kappa shape index (κ2) is 4.80. The summed E-state index contributed by atoms with van der Waals surface area (Å²) in [4.78, 5) is 24.8. The van der Waals surface area contributed by atoms with Gasteiger partial charge in [-0.3, -0.25) is 14.7 Å². The van der Waals surface area contributed by atoms with Gasteiger partial charge in [-0.25, -0.2) is 4.79 Å². The molecule has 2 heterocycles. The summed E-state index contributed by atoms with van der Waals surface area (Å²) < 4.78 is 6.17. The van der Waals surface area contributed by atoms with E-state index in [0.717, 1.165) is 17.0 Å². The number of ether oxygens (including phenoxy) is 1. The summed E-state index contributed by atoms with van der Waals surface area (Å²) in [5.74, 6) is 0. The van der Waals surface area contributed by atoms with Crippen molar-refractivity contribution in [1.29, 1.82) is 0 Å². The number of hydrogen-bond acceptors (Lipinski definition) is 7. The molecular weight excluding hydrogens is 246 g/mol. The second-order valence-corrected chi connectivity index (χ2v) is 3.87. The highest BCUT2D eigenvalue weighted by atomic mass is 16.6. The molecule has 1 aliphatic rings. The van der Waals surface area contributed by atoms with E-state index in [4.69, 9.17) is 9.84 Å². The first-order valence-corrected chi connectivity index (χ1v) is 5.20. The first-order chi connectivity index (χ1) is 8.52. The molecule has 1 aromatic heterocycles. The van der Waals surface area contributed by atoms with Gasteiger partial charge in [-0.1, -0.05) is 0 Å². The summed E-state index contributed by atoms with van der Waals surface area (Å²) in [5.41, 5.74) is -1.06. The Bertz CT molecular complexity index is 515. The number of nitro groups is 1. The van der Waals surface area contributed by atoms with Crippen LogP contribution in [0.5, 0.6) is 0 Å². The van der Waals surface area contributed by atoms with Crippen molar-refractivity contribution >= 4 is 5.69 Å². The molecule has 9 nitrogen and oxygen atoms in total. The summed E-state index contributed by atoms with van der Waals surface area (Å²) in [6, 6.07) is 0. The van der Waals surface area contributed by atoms with E-state index in [1.807, 2.05) is 0 Å². The second-order valence-electron chi connectivity index (χ2n) is 3.87. The van der Waals surface area contributed by atoms with Crippen LogP contribution in [0.2, 0.25) is 0 Å². The molecule has 0 spiro atoms. The molecule has 1 aliphatic heterocycles. The maximum absolute atomic E-state index is 11.5. The summed E-state index contributed by atoms with van der Waals surface area (Å²) in [6.07, 6.45) is -0.668. The monoisotopic (exact) mass is 257 g/mol. The molecule has 9 heteroatoms. The van der Waals surface area contributed by atoms with Crippen LogP contribution in [0.3, 0.4) is 0 Å². The standard InChI is InChI=1S/C9H11N3O6/c13-4-7-6(14)1-8(18-7)11-3-5(12(16)17)2-10-9(11)15/h2-3,6-8,13-14H,1,4H2/t6-,7+,8+/m0/s1. The molecule has 2 rings (SSSR count). The summed E-state index contributed by atoms with van der Waals surface area (Å²) in [5, 5.41) is 29.0. The Morgan fingerprint density at radius 1 is 1.67 bits per heavy atom. The number of hydrogen-bond donors (Lipinski definition) is 2. The van der Waals surface area contributed by atoms with Crippen molar-refractivity contribution in [1.82, 2.24) is 9.55 Å². The fourth-order valence-corrected chi connectivity index (χ4v) is 1.77. The molecule has 18 heavy (non-hydrogen) atoms. The third-order valence-electron chi connectivity index (χ3n) is 2.70. The molecule has 2 N–H and O–H groups in total. The Labute approximate surface area is 100 Å². The van der Waals surface area contributed by atoms with Crippen molar-refractivity contribution < 1.29 is 19.9 Å². The molecule has 1 fully saturated rings. The van der Waals surface area contributed by atoms with E-state index in [9.17, 15) is 20.0 Å². The van der Waals surface area contributed by atoms with E-state index >= 15 is 0 Å². The molecule has 0 unspecified atom stereocenters. The Morgan fingerprint density at radius 2 is 2.39 bits per heavy atom. The maximum Gasteiger partial charge on any atom is 0.350 e. The molecule has 0 bridgehead atoms. The van der Waals surface area contributed by atoms with Crippen molar-refractivity contribution in [3.05, 3.63) is 33.0 Å². The zero-order chi connectivity index (χ0) is 13.3. The summed E-state index contributed by atoms with van der Waals surface area (Å²) >= 11 is 0. The molecule has 1 saturated heterocycles. The summed E-state index contributed by atoms with van der Waals surface area (Å²) in [6.45, 7) is -0.394. The number of aliphatic hydroxyl groups is 2. The molecule has 3 atom stereocenters. The smallest absolute Gasteiger partial charge is 0.350 e. The van der Waals surface area contributed by atoms with Crippen LogP contribution in [0.25, 0.3) is 0 Å². The average molecular weight is 257 g/mol. The Kier molecular flexibility index (Phi) is 3.36. The van der Waals surface area contributed by atoms with Gasteiger partial charge in [-0.15, -0.1) is 0 Å². The third-order valence-corrected chi connectivity index (χ3v) is 2.70.